The standard InChI is InChI=1S/C12H16N2O4S/c1-4-17-10-6-8(3)13-12(14-10)19-7-9(15)11(16)18-5-2/h6H,4-5,7H2,1-3H3. The molecular weight excluding hydrogens is 268 g/mol. The predicted octanol–water partition coefficient (Wildman–Crippen LogP) is 1.41. The first-order valence-electron chi connectivity index (χ1n) is 5.88. The van der Waals surface area contributed by atoms with Gasteiger partial charge in [0.2, 0.25) is 11.7 Å². The molecule has 0 aromatic carbocycles. The summed E-state index contributed by atoms with van der Waals surface area (Å²) in [4.78, 5) is 30.9. The predicted molar refractivity (Wildman–Crippen MR) is 70.3 cm³/mol. The molecular formula is C12H16N2O4S. The zero-order chi connectivity index (χ0) is 14.3. The van der Waals surface area contributed by atoms with E-state index in [9.17, 15) is 9.59 Å². The maximum Gasteiger partial charge on any atom is 0.375 e. The van der Waals surface area contributed by atoms with Gasteiger partial charge in [0, 0.05) is 11.8 Å². The van der Waals surface area contributed by atoms with Crippen molar-refractivity contribution < 1.29 is 19.1 Å². The number of ether oxygens (including phenoxy) is 2. The van der Waals surface area contributed by atoms with Gasteiger partial charge < -0.3 is 9.47 Å². The molecule has 0 unspecified atom stereocenters. The van der Waals surface area contributed by atoms with Crippen LogP contribution in [-0.4, -0.2) is 40.7 Å². The van der Waals surface area contributed by atoms with Crippen LogP contribution in [0.25, 0.3) is 0 Å². The van der Waals surface area contributed by atoms with Gasteiger partial charge in [0.15, 0.2) is 5.16 Å². The molecule has 0 amide bonds. The monoisotopic (exact) mass is 284 g/mol. The fourth-order valence-electron chi connectivity index (χ4n) is 1.20. The van der Waals surface area contributed by atoms with Crippen molar-refractivity contribution in [3.05, 3.63) is 11.8 Å². The normalized spacial score (nSPS) is 10.1. The third kappa shape index (κ3) is 5.25. The maximum atomic E-state index is 11.4. The van der Waals surface area contributed by atoms with E-state index in [1.807, 2.05) is 6.92 Å². The van der Waals surface area contributed by atoms with Crippen molar-refractivity contribution in [3.63, 3.8) is 0 Å². The summed E-state index contributed by atoms with van der Waals surface area (Å²) in [7, 11) is 0. The van der Waals surface area contributed by atoms with Crippen molar-refractivity contribution >= 4 is 23.5 Å². The molecule has 1 heterocycles. The van der Waals surface area contributed by atoms with Crippen molar-refractivity contribution in [2.75, 3.05) is 19.0 Å². The van der Waals surface area contributed by atoms with Crippen molar-refractivity contribution in [1.82, 2.24) is 9.97 Å². The van der Waals surface area contributed by atoms with Crippen molar-refractivity contribution in [3.8, 4) is 5.88 Å². The van der Waals surface area contributed by atoms with E-state index in [1.54, 1.807) is 19.9 Å². The Morgan fingerprint density at radius 1 is 1.26 bits per heavy atom. The van der Waals surface area contributed by atoms with Gasteiger partial charge in [0.05, 0.1) is 19.0 Å². The lowest BCUT2D eigenvalue weighted by Gasteiger charge is -2.05. The van der Waals surface area contributed by atoms with Crippen LogP contribution >= 0.6 is 11.8 Å². The molecule has 0 saturated heterocycles. The van der Waals surface area contributed by atoms with Crippen LogP contribution in [0.4, 0.5) is 0 Å². The molecule has 104 valence electrons. The molecule has 1 aromatic heterocycles. The lowest BCUT2D eigenvalue weighted by atomic mass is 10.4. The van der Waals surface area contributed by atoms with E-state index < -0.39 is 11.8 Å². The van der Waals surface area contributed by atoms with E-state index in [0.29, 0.717) is 17.6 Å². The van der Waals surface area contributed by atoms with Gasteiger partial charge in [-0.1, -0.05) is 11.8 Å². The van der Waals surface area contributed by atoms with Gasteiger partial charge >= 0.3 is 5.97 Å². The SMILES string of the molecule is CCOC(=O)C(=O)CSc1nc(C)cc(OCC)n1. The Morgan fingerprint density at radius 3 is 2.63 bits per heavy atom. The Bertz CT molecular complexity index is 465. The van der Waals surface area contributed by atoms with E-state index >= 15 is 0 Å². The fraction of sp³-hybridized carbons (Fsp3) is 0.500. The number of carbonyl (C=O) groups is 2. The Balaban J connectivity index is 2.62. The van der Waals surface area contributed by atoms with Gasteiger partial charge in [-0.3, -0.25) is 4.79 Å². The van der Waals surface area contributed by atoms with Crippen LogP contribution < -0.4 is 4.74 Å². The summed E-state index contributed by atoms with van der Waals surface area (Å²) in [5.41, 5.74) is 0.740. The molecule has 7 heteroatoms. The highest BCUT2D eigenvalue weighted by molar-refractivity contribution is 7.99. The Labute approximate surface area is 115 Å². The lowest BCUT2D eigenvalue weighted by molar-refractivity contribution is -0.152. The number of esters is 1. The summed E-state index contributed by atoms with van der Waals surface area (Å²) in [6.45, 7) is 6.00. The molecule has 1 aromatic rings. The number of ketones is 1. The molecule has 0 bridgehead atoms. The van der Waals surface area contributed by atoms with Gasteiger partial charge in [-0.15, -0.1) is 0 Å². The summed E-state index contributed by atoms with van der Waals surface area (Å²) in [5, 5.41) is 0.404. The quantitative estimate of drug-likeness (QED) is 0.324. The molecule has 0 spiro atoms. The fourth-order valence-corrected chi connectivity index (χ4v) is 1.94. The summed E-state index contributed by atoms with van der Waals surface area (Å²) in [6, 6.07) is 1.71. The molecule has 0 N–H and O–H groups in total. The molecule has 0 aliphatic carbocycles. The molecule has 1 rings (SSSR count). The van der Waals surface area contributed by atoms with Gasteiger partial charge in [-0.2, -0.15) is 4.98 Å². The summed E-state index contributed by atoms with van der Waals surface area (Å²) < 4.78 is 9.89. The molecule has 0 aliphatic rings. The highest BCUT2D eigenvalue weighted by Crippen LogP contribution is 2.18. The first-order chi connectivity index (χ1) is 9.06. The second-order valence-corrected chi connectivity index (χ2v) is 4.44. The second-order valence-electron chi connectivity index (χ2n) is 3.50. The van der Waals surface area contributed by atoms with Gasteiger partial charge in [-0.05, 0) is 20.8 Å². The molecule has 0 fully saturated rings. The first-order valence-corrected chi connectivity index (χ1v) is 6.86. The number of thioether (sulfide) groups is 1. The first kappa shape index (κ1) is 15.4. The molecule has 0 saturated carbocycles. The van der Waals surface area contributed by atoms with E-state index in [0.717, 1.165) is 17.5 Å². The summed E-state index contributed by atoms with van der Waals surface area (Å²) >= 11 is 1.08. The Morgan fingerprint density at radius 2 is 2.00 bits per heavy atom. The van der Waals surface area contributed by atoms with Gasteiger partial charge in [0.1, 0.15) is 0 Å². The average Bonchev–Trinajstić information content (AvgIpc) is 2.36. The molecule has 0 aliphatic heterocycles. The zero-order valence-electron chi connectivity index (χ0n) is 11.1. The summed E-state index contributed by atoms with van der Waals surface area (Å²) in [6.07, 6.45) is 0. The van der Waals surface area contributed by atoms with Crippen LogP contribution in [0, 0.1) is 6.92 Å². The smallest absolute Gasteiger partial charge is 0.375 e. The largest absolute Gasteiger partial charge is 0.478 e. The number of carbonyl (C=O) groups excluding carboxylic acids is 2. The van der Waals surface area contributed by atoms with Crippen LogP contribution in [0.2, 0.25) is 0 Å². The Hall–Kier alpha value is -1.63. The van der Waals surface area contributed by atoms with Crippen LogP contribution in [-0.2, 0) is 14.3 Å². The number of hydrogen-bond donors (Lipinski definition) is 0. The number of rotatable bonds is 7. The van der Waals surface area contributed by atoms with Crippen molar-refractivity contribution in [1.29, 1.82) is 0 Å². The van der Waals surface area contributed by atoms with Gasteiger partial charge in [-0.25, -0.2) is 9.78 Å². The molecule has 0 radical (unpaired) electrons. The maximum absolute atomic E-state index is 11.4. The van der Waals surface area contributed by atoms with E-state index in [1.165, 1.54) is 0 Å². The zero-order valence-corrected chi connectivity index (χ0v) is 12.0. The number of Topliss-reactive ketones (excluding diaryl/α,β-unsaturated/α-hetero) is 1. The minimum absolute atomic E-state index is 0.0478. The number of aryl methyl sites for hydroxylation is 1. The van der Waals surface area contributed by atoms with Crippen LogP contribution in [0.15, 0.2) is 11.2 Å². The summed E-state index contributed by atoms with van der Waals surface area (Å²) in [5.74, 6) is -1.02. The highest BCUT2D eigenvalue weighted by Gasteiger charge is 2.16. The number of hydrogen-bond acceptors (Lipinski definition) is 7. The second kappa shape index (κ2) is 7.73. The highest BCUT2D eigenvalue weighted by atomic mass is 32.2. The van der Waals surface area contributed by atoms with E-state index in [-0.39, 0.29) is 12.4 Å². The molecule has 6 nitrogen and oxygen atoms in total. The van der Waals surface area contributed by atoms with Crippen molar-refractivity contribution in [2.24, 2.45) is 0 Å². The minimum Gasteiger partial charge on any atom is -0.478 e. The topological polar surface area (TPSA) is 78.4 Å². The molecule has 19 heavy (non-hydrogen) atoms. The lowest BCUT2D eigenvalue weighted by Crippen LogP contribution is -2.19. The van der Waals surface area contributed by atoms with Gasteiger partial charge in [0.25, 0.3) is 0 Å². The van der Waals surface area contributed by atoms with Crippen LogP contribution in [0.1, 0.15) is 19.5 Å². The Kier molecular flexibility index (Phi) is 6.27. The van der Waals surface area contributed by atoms with Crippen molar-refractivity contribution in [2.45, 2.75) is 25.9 Å². The average molecular weight is 284 g/mol. The van der Waals surface area contributed by atoms with E-state index in [4.69, 9.17) is 4.74 Å². The minimum atomic E-state index is -0.826. The third-order valence-corrected chi connectivity index (χ3v) is 2.79. The molecule has 0 atom stereocenters. The number of aromatic nitrogens is 2. The van der Waals surface area contributed by atoms with Crippen LogP contribution in [0.3, 0.4) is 0 Å². The number of nitrogens with zero attached hydrogens (tertiary/aromatic N) is 2. The van der Waals surface area contributed by atoms with Crippen LogP contribution in [0.5, 0.6) is 5.88 Å². The van der Waals surface area contributed by atoms with E-state index in [2.05, 4.69) is 14.7 Å². The third-order valence-electron chi connectivity index (χ3n) is 1.94.